The number of aryl methyl sites for hydroxylation is 2. The number of nitrogens with two attached hydrogens (primary N) is 1. The van der Waals surface area contributed by atoms with Gasteiger partial charge in [0.05, 0.1) is 5.52 Å². The van der Waals surface area contributed by atoms with Crippen molar-refractivity contribution in [1.29, 1.82) is 0 Å². The summed E-state index contributed by atoms with van der Waals surface area (Å²) in [6.07, 6.45) is 3.20. The Morgan fingerprint density at radius 2 is 1.74 bits per heavy atom. The van der Waals surface area contributed by atoms with Crippen LogP contribution in [-0.2, 0) is 0 Å². The van der Waals surface area contributed by atoms with E-state index in [1.54, 1.807) is 6.20 Å². The average molecular weight is 357 g/mol. The number of benzene rings is 2. The fourth-order valence-electron chi connectivity index (χ4n) is 3.00. The summed E-state index contributed by atoms with van der Waals surface area (Å²) < 4.78 is 5.91. The number of hydrogen-bond donors (Lipinski definition) is 2. The molecule has 0 amide bonds. The highest BCUT2D eigenvalue weighted by molar-refractivity contribution is 5.93. The Hall–Kier alpha value is -3.67. The summed E-state index contributed by atoms with van der Waals surface area (Å²) >= 11 is 0. The zero-order chi connectivity index (χ0) is 18.8. The van der Waals surface area contributed by atoms with Crippen molar-refractivity contribution in [3.8, 4) is 11.6 Å². The van der Waals surface area contributed by atoms with Gasteiger partial charge in [-0.3, -0.25) is 4.98 Å². The number of anilines is 3. The second-order valence-corrected chi connectivity index (χ2v) is 6.37. The average Bonchev–Trinajstić information content (AvgIpc) is 2.64. The lowest BCUT2D eigenvalue weighted by atomic mass is 10.1. The predicted molar refractivity (Wildman–Crippen MR) is 107 cm³/mol. The summed E-state index contributed by atoms with van der Waals surface area (Å²) in [7, 11) is 0. The molecule has 0 aliphatic carbocycles. The Balaban J connectivity index is 1.67. The third-order valence-electron chi connectivity index (χ3n) is 4.16. The van der Waals surface area contributed by atoms with Crippen molar-refractivity contribution >= 4 is 28.1 Å². The van der Waals surface area contributed by atoms with Crippen LogP contribution in [0.15, 0.2) is 61.1 Å². The maximum atomic E-state index is 6.27. The van der Waals surface area contributed by atoms with Gasteiger partial charge in [0, 0.05) is 17.3 Å². The first-order chi connectivity index (χ1) is 13.1. The third-order valence-corrected chi connectivity index (χ3v) is 4.16. The van der Waals surface area contributed by atoms with Gasteiger partial charge in [0.15, 0.2) is 5.82 Å². The monoisotopic (exact) mass is 357 g/mol. The van der Waals surface area contributed by atoms with Gasteiger partial charge in [-0.1, -0.05) is 12.1 Å². The molecule has 3 N–H and O–H groups in total. The number of aromatic nitrogens is 3. The molecule has 0 unspecified atom stereocenters. The van der Waals surface area contributed by atoms with Crippen LogP contribution in [0.3, 0.4) is 0 Å². The Bertz CT molecular complexity index is 1100. The summed E-state index contributed by atoms with van der Waals surface area (Å²) in [5.74, 6) is 1.50. The van der Waals surface area contributed by atoms with Gasteiger partial charge in [0.2, 0.25) is 5.88 Å². The molecule has 2 aromatic carbocycles. The van der Waals surface area contributed by atoms with Crippen molar-refractivity contribution in [2.75, 3.05) is 11.1 Å². The minimum absolute atomic E-state index is 0.316. The third kappa shape index (κ3) is 3.50. The Labute approximate surface area is 157 Å². The number of nitrogens with one attached hydrogen (secondary N) is 1. The van der Waals surface area contributed by atoms with Crippen LogP contribution in [0.2, 0.25) is 0 Å². The lowest BCUT2D eigenvalue weighted by Crippen LogP contribution is -2.03. The standard InChI is InChI=1S/C21H19N5O/c1-13-9-14(2)11-15(10-13)27-21-19(22)20(24-12-25-21)26-18-7-3-6-17-16(18)5-4-8-23-17/h3-12H,22H2,1-2H3,(H,24,25,26). The number of hydrogen-bond acceptors (Lipinski definition) is 6. The summed E-state index contributed by atoms with van der Waals surface area (Å²) in [6.45, 7) is 4.04. The van der Waals surface area contributed by atoms with E-state index in [1.807, 2.05) is 56.3 Å². The molecule has 134 valence electrons. The molecular formula is C21H19N5O. The van der Waals surface area contributed by atoms with Crippen LogP contribution in [0.4, 0.5) is 17.2 Å². The molecule has 0 radical (unpaired) electrons. The highest BCUT2D eigenvalue weighted by atomic mass is 16.5. The Kier molecular flexibility index (Phi) is 4.30. The molecule has 0 saturated heterocycles. The molecule has 0 spiro atoms. The minimum atomic E-state index is 0.316. The zero-order valence-corrected chi connectivity index (χ0v) is 15.1. The van der Waals surface area contributed by atoms with Gasteiger partial charge in [-0.25, -0.2) is 4.98 Å². The Morgan fingerprint density at radius 3 is 2.56 bits per heavy atom. The van der Waals surface area contributed by atoms with E-state index in [2.05, 4.69) is 26.3 Å². The molecule has 2 aromatic heterocycles. The van der Waals surface area contributed by atoms with Crippen LogP contribution in [0, 0.1) is 13.8 Å². The van der Waals surface area contributed by atoms with E-state index < -0.39 is 0 Å². The molecule has 0 aliphatic heterocycles. The summed E-state index contributed by atoms with van der Waals surface area (Å²) in [6, 6.07) is 15.7. The van der Waals surface area contributed by atoms with Crippen LogP contribution in [-0.4, -0.2) is 15.0 Å². The van der Waals surface area contributed by atoms with Crippen LogP contribution in [0.5, 0.6) is 11.6 Å². The SMILES string of the molecule is Cc1cc(C)cc(Oc2ncnc(Nc3cccc4ncccc34)c2N)c1. The normalized spacial score (nSPS) is 10.7. The van der Waals surface area contributed by atoms with Gasteiger partial charge in [-0.05, 0) is 61.4 Å². The lowest BCUT2D eigenvalue weighted by Gasteiger charge is -2.13. The number of nitrogen functional groups attached to an aromatic ring is 1. The molecule has 6 nitrogen and oxygen atoms in total. The van der Waals surface area contributed by atoms with E-state index in [0.717, 1.165) is 27.7 Å². The van der Waals surface area contributed by atoms with Crippen LogP contribution >= 0.6 is 0 Å². The van der Waals surface area contributed by atoms with Gasteiger partial charge in [0.1, 0.15) is 17.8 Å². The van der Waals surface area contributed by atoms with E-state index in [9.17, 15) is 0 Å². The topological polar surface area (TPSA) is 86.0 Å². The molecule has 0 fully saturated rings. The summed E-state index contributed by atoms with van der Waals surface area (Å²) in [5.41, 5.74) is 10.6. The highest BCUT2D eigenvalue weighted by Crippen LogP contribution is 2.33. The van der Waals surface area contributed by atoms with E-state index in [-0.39, 0.29) is 0 Å². The first-order valence-corrected chi connectivity index (χ1v) is 8.57. The van der Waals surface area contributed by atoms with Gasteiger partial charge in [-0.2, -0.15) is 4.98 Å². The highest BCUT2D eigenvalue weighted by Gasteiger charge is 2.12. The molecule has 4 aromatic rings. The van der Waals surface area contributed by atoms with Crippen molar-refractivity contribution < 1.29 is 4.74 Å². The second kappa shape index (κ2) is 6.92. The van der Waals surface area contributed by atoms with Gasteiger partial charge >= 0.3 is 0 Å². The van der Waals surface area contributed by atoms with E-state index in [1.165, 1.54) is 6.33 Å². The summed E-state index contributed by atoms with van der Waals surface area (Å²) in [5, 5.41) is 4.25. The molecule has 4 rings (SSSR count). The molecule has 6 heteroatoms. The van der Waals surface area contributed by atoms with Crippen molar-refractivity contribution in [3.05, 3.63) is 72.2 Å². The largest absolute Gasteiger partial charge is 0.437 e. The van der Waals surface area contributed by atoms with Gasteiger partial charge in [0.25, 0.3) is 0 Å². The quantitative estimate of drug-likeness (QED) is 0.548. The number of fused-ring (bicyclic) bond motifs is 1. The zero-order valence-electron chi connectivity index (χ0n) is 15.1. The molecule has 0 atom stereocenters. The maximum Gasteiger partial charge on any atom is 0.248 e. The van der Waals surface area contributed by atoms with Gasteiger partial charge < -0.3 is 15.8 Å². The molecule has 2 heterocycles. The van der Waals surface area contributed by atoms with Crippen molar-refractivity contribution in [1.82, 2.24) is 15.0 Å². The second-order valence-electron chi connectivity index (χ2n) is 6.37. The number of nitrogens with zero attached hydrogens (tertiary/aromatic N) is 3. The molecule has 0 bridgehead atoms. The molecular weight excluding hydrogens is 338 g/mol. The first-order valence-electron chi connectivity index (χ1n) is 8.57. The van der Waals surface area contributed by atoms with E-state index in [4.69, 9.17) is 10.5 Å². The van der Waals surface area contributed by atoms with Crippen molar-refractivity contribution in [3.63, 3.8) is 0 Å². The van der Waals surface area contributed by atoms with Crippen LogP contribution in [0.25, 0.3) is 10.9 Å². The molecule has 27 heavy (non-hydrogen) atoms. The number of pyridine rings is 1. The Morgan fingerprint density at radius 1 is 0.926 bits per heavy atom. The fourth-order valence-corrected chi connectivity index (χ4v) is 3.00. The minimum Gasteiger partial charge on any atom is -0.437 e. The van der Waals surface area contributed by atoms with Crippen molar-refractivity contribution in [2.45, 2.75) is 13.8 Å². The fraction of sp³-hybridized carbons (Fsp3) is 0.0952. The number of rotatable bonds is 4. The van der Waals surface area contributed by atoms with Crippen molar-refractivity contribution in [2.24, 2.45) is 0 Å². The molecule has 0 aliphatic rings. The van der Waals surface area contributed by atoms with E-state index >= 15 is 0 Å². The van der Waals surface area contributed by atoms with Crippen LogP contribution < -0.4 is 15.8 Å². The summed E-state index contributed by atoms with van der Waals surface area (Å²) in [4.78, 5) is 12.8. The number of ether oxygens (including phenoxy) is 1. The van der Waals surface area contributed by atoms with E-state index in [0.29, 0.717) is 23.1 Å². The lowest BCUT2D eigenvalue weighted by molar-refractivity contribution is 0.464. The molecule has 0 saturated carbocycles. The first kappa shape index (κ1) is 16.8. The maximum absolute atomic E-state index is 6.27. The predicted octanol–water partition coefficient (Wildman–Crippen LogP) is 4.76. The smallest absolute Gasteiger partial charge is 0.248 e. The van der Waals surface area contributed by atoms with Crippen LogP contribution in [0.1, 0.15) is 11.1 Å². The van der Waals surface area contributed by atoms with Gasteiger partial charge in [-0.15, -0.1) is 0 Å².